The molecule has 0 unspecified atom stereocenters. The average Bonchev–Trinajstić information content (AvgIpc) is 3.59. The predicted octanol–water partition coefficient (Wildman–Crippen LogP) is 6.13. The van der Waals surface area contributed by atoms with Crippen molar-refractivity contribution >= 4 is 17.3 Å². The zero-order valence-corrected chi connectivity index (χ0v) is 23.4. The van der Waals surface area contributed by atoms with E-state index in [1.807, 2.05) is 56.0 Å². The number of aromatic nitrogens is 3. The second-order valence-electron chi connectivity index (χ2n) is 11.0. The zero-order chi connectivity index (χ0) is 27.6. The van der Waals surface area contributed by atoms with Gasteiger partial charge in [-0.1, -0.05) is 31.2 Å². The molecule has 1 fully saturated rings. The summed E-state index contributed by atoms with van der Waals surface area (Å²) in [5, 5.41) is 0. The van der Waals surface area contributed by atoms with Gasteiger partial charge < -0.3 is 19.4 Å². The van der Waals surface area contributed by atoms with Gasteiger partial charge in [-0.3, -0.25) is 4.90 Å². The molecule has 0 aliphatic carbocycles. The molecule has 204 valence electrons. The minimum atomic E-state index is -0.477. The highest BCUT2D eigenvalue weighted by Crippen LogP contribution is 2.30. The van der Waals surface area contributed by atoms with E-state index in [4.69, 9.17) is 14.5 Å². The summed E-state index contributed by atoms with van der Waals surface area (Å²) in [6.07, 6.45) is 2.54. The Balaban J connectivity index is 1.29. The highest BCUT2D eigenvalue weighted by atomic mass is 16.6. The van der Waals surface area contributed by atoms with Gasteiger partial charge in [0, 0.05) is 43.0 Å². The fourth-order valence-corrected chi connectivity index (χ4v) is 5.09. The summed E-state index contributed by atoms with van der Waals surface area (Å²) < 4.78 is 10.8. The average molecular weight is 528 g/mol. The number of ether oxygens (including phenoxy) is 2. The van der Waals surface area contributed by atoms with Gasteiger partial charge in [0.05, 0.1) is 12.6 Å². The molecule has 2 aromatic heterocycles. The van der Waals surface area contributed by atoms with Crippen molar-refractivity contribution < 1.29 is 14.3 Å². The van der Waals surface area contributed by atoms with Gasteiger partial charge in [0.25, 0.3) is 0 Å². The molecule has 4 aromatic rings. The van der Waals surface area contributed by atoms with E-state index in [0.717, 1.165) is 59.8 Å². The molecule has 5 rings (SSSR count). The number of fused-ring (bicyclic) bond motifs is 1. The normalized spacial score (nSPS) is 15.7. The maximum absolute atomic E-state index is 12.5. The second-order valence-corrected chi connectivity index (χ2v) is 11.0. The Morgan fingerprint density at radius 3 is 2.46 bits per heavy atom. The lowest BCUT2D eigenvalue weighted by Gasteiger charge is -2.28. The Labute approximate surface area is 230 Å². The van der Waals surface area contributed by atoms with Crippen LogP contribution in [0.3, 0.4) is 0 Å². The third-order valence-electron chi connectivity index (χ3n) is 7.14. The van der Waals surface area contributed by atoms with Gasteiger partial charge in [-0.15, -0.1) is 0 Å². The third kappa shape index (κ3) is 6.06. The lowest BCUT2D eigenvalue weighted by atomic mass is 10.0. The standard InChI is InChI=1S/C31H37N5O3/c1-6-35(24-16-18-36(20-24)30(37)39-31(2,3)4)19-21-7-9-22(10-8-21)26-15-17-32-29-27(26)33-28(34-29)23-11-13-25(38-5)14-12-23/h7-15,17,24H,6,16,18-20H2,1-5H3,(H,32,33,34)/t24-/m0/s1. The van der Waals surface area contributed by atoms with Gasteiger partial charge in [0.1, 0.15) is 17.2 Å². The summed E-state index contributed by atoms with van der Waals surface area (Å²) in [5.74, 6) is 1.59. The Morgan fingerprint density at radius 1 is 1.08 bits per heavy atom. The fourth-order valence-electron chi connectivity index (χ4n) is 5.09. The molecule has 0 saturated carbocycles. The number of likely N-dealkylation sites (tertiary alicyclic amines) is 1. The van der Waals surface area contributed by atoms with E-state index < -0.39 is 5.60 Å². The Bertz CT molecular complexity index is 1420. The maximum Gasteiger partial charge on any atom is 0.410 e. The van der Waals surface area contributed by atoms with Gasteiger partial charge in [-0.2, -0.15) is 0 Å². The number of likely N-dealkylation sites (N-methyl/N-ethyl adjacent to an activating group) is 1. The summed E-state index contributed by atoms with van der Waals surface area (Å²) in [6, 6.07) is 18.9. The third-order valence-corrected chi connectivity index (χ3v) is 7.14. The van der Waals surface area contributed by atoms with E-state index in [9.17, 15) is 4.79 Å². The van der Waals surface area contributed by atoms with E-state index in [-0.39, 0.29) is 6.09 Å². The van der Waals surface area contributed by atoms with Crippen molar-refractivity contribution in [1.29, 1.82) is 0 Å². The van der Waals surface area contributed by atoms with E-state index in [1.165, 1.54) is 5.56 Å². The van der Waals surface area contributed by atoms with E-state index in [2.05, 4.69) is 46.1 Å². The molecule has 8 heteroatoms. The molecule has 1 N–H and O–H groups in total. The first-order valence-electron chi connectivity index (χ1n) is 13.5. The maximum atomic E-state index is 12.5. The second kappa shape index (κ2) is 11.1. The number of hydrogen-bond acceptors (Lipinski definition) is 6. The number of carbonyl (C=O) groups is 1. The van der Waals surface area contributed by atoms with Crippen molar-refractivity contribution in [3.05, 3.63) is 66.4 Å². The van der Waals surface area contributed by atoms with Gasteiger partial charge in [0.2, 0.25) is 0 Å². The molecule has 0 spiro atoms. The van der Waals surface area contributed by atoms with E-state index in [0.29, 0.717) is 18.2 Å². The molecule has 1 saturated heterocycles. The van der Waals surface area contributed by atoms with Crippen LogP contribution in [0.2, 0.25) is 0 Å². The highest BCUT2D eigenvalue weighted by molar-refractivity contribution is 5.91. The SMILES string of the molecule is CCN(Cc1ccc(-c2ccnc3nc(-c4ccc(OC)cc4)[nH]c23)cc1)[C@H]1CCN(C(=O)OC(C)(C)C)C1. The minimum absolute atomic E-state index is 0.219. The fraction of sp³-hybridized carbons (Fsp3) is 0.387. The number of aromatic amines is 1. The molecule has 0 bridgehead atoms. The summed E-state index contributed by atoms with van der Waals surface area (Å²) in [6.45, 7) is 11.1. The van der Waals surface area contributed by atoms with Crippen LogP contribution in [0.4, 0.5) is 4.79 Å². The van der Waals surface area contributed by atoms with Crippen molar-refractivity contribution in [3.63, 3.8) is 0 Å². The number of methoxy groups -OCH3 is 1. The summed E-state index contributed by atoms with van der Waals surface area (Å²) >= 11 is 0. The van der Waals surface area contributed by atoms with Crippen LogP contribution >= 0.6 is 0 Å². The number of H-pyrrole nitrogens is 1. The number of hydrogen-bond donors (Lipinski definition) is 1. The molecule has 1 aliphatic rings. The molecule has 1 aliphatic heterocycles. The van der Waals surface area contributed by atoms with Crippen LogP contribution in [0.25, 0.3) is 33.7 Å². The van der Waals surface area contributed by atoms with Crippen LogP contribution in [-0.4, -0.2) is 69.2 Å². The van der Waals surface area contributed by atoms with E-state index in [1.54, 1.807) is 13.3 Å². The number of amides is 1. The molecule has 1 amide bonds. The first kappa shape index (κ1) is 26.7. The van der Waals surface area contributed by atoms with E-state index >= 15 is 0 Å². The summed E-state index contributed by atoms with van der Waals surface area (Å²) in [4.78, 5) is 29.5. The van der Waals surface area contributed by atoms with Crippen LogP contribution < -0.4 is 4.74 Å². The summed E-state index contributed by atoms with van der Waals surface area (Å²) in [7, 11) is 1.66. The highest BCUT2D eigenvalue weighted by Gasteiger charge is 2.32. The summed E-state index contributed by atoms with van der Waals surface area (Å²) in [5.41, 5.74) is 5.52. The smallest absolute Gasteiger partial charge is 0.410 e. The molecular formula is C31H37N5O3. The Kier molecular flexibility index (Phi) is 7.57. The van der Waals surface area contributed by atoms with Gasteiger partial charge >= 0.3 is 6.09 Å². The van der Waals surface area contributed by atoms with Crippen molar-refractivity contribution in [1.82, 2.24) is 24.8 Å². The monoisotopic (exact) mass is 527 g/mol. The van der Waals surface area contributed by atoms with Crippen LogP contribution in [0.5, 0.6) is 5.75 Å². The quantitative estimate of drug-likeness (QED) is 0.311. The number of nitrogens with one attached hydrogen (secondary N) is 1. The van der Waals surface area contributed by atoms with Gasteiger partial charge in [-0.05, 0) is 75.2 Å². The first-order chi connectivity index (χ1) is 18.7. The number of benzene rings is 2. The van der Waals surface area contributed by atoms with Gasteiger partial charge in [-0.25, -0.2) is 14.8 Å². The number of pyridine rings is 1. The predicted molar refractivity (Wildman–Crippen MR) is 154 cm³/mol. The first-order valence-corrected chi connectivity index (χ1v) is 13.5. The van der Waals surface area contributed by atoms with Gasteiger partial charge in [0.15, 0.2) is 5.65 Å². The van der Waals surface area contributed by atoms with Crippen LogP contribution in [0.15, 0.2) is 60.8 Å². The molecular weight excluding hydrogens is 490 g/mol. The number of carbonyl (C=O) groups excluding carboxylic acids is 1. The Morgan fingerprint density at radius 2 is 1.79 bits per heavy atom. The largest absolute Gasteiger partial charge is 0.497 e. The lowest BCUT2D eigenvalue weighted by molar-refractivity contribution is 0.0279. The van der Waals surface area contributed by atoms with Crippen molar-refractivity contribution in [3.8, 4) is 28.3 Å². The molecule has 3 heterocycles. The number of rotatable bonds is 7. The minimum Gasteiger partial charge on any atom is -0.497 e. The number of nitrogens with zero attached hydrogens (tertiary/aromatic N) is 4. The molecule has 39 heavy (non-hydrogen) atoms. The zero-order valence-electron chi connectivity index (χ0n) is 23.4. The molecule has 2 aromatic carbocycles. The van der Waals surface area contributed by atoms with Crippen molar-refractivity contribution in [2.75, 3.05) is 26.7 Å². The molecule has 1 atom stereocenters. The van der Waals surface area contributed by atoms with Crippen LogP contribution in [0, 0.1) is 0 Å². The van der Waals surface area contributed by atoms with Crippen molar-refractivity contribution in [2.45, 2.75) is 52.3 Å². The van der Waals surface area contributed by atoms with Crippen LogP contribution in [0.1, 0.15) is 39.7 Å². The van der Waals surface area contributed by atoms with Crippen molar-refractivity contribution in [2.24, 2.45) is 0 Å². The lowest BCUT2D eigenvalue weighted by Crippen LogP contribution is -2.40. The topological polar surface area (TPSA) is 83.6 Å². The molecule has 8 nitrogen and oxygen atoms in total. The number of imidazole rings is 1. The molecule has 0 radical (unpaired) electrons. The van der Waals surface area contributed by atoms with Crippen LogP contribution in [-0.2, 0) is 11.3 Å². The Hall–Kier alpha value is -3.91.